The molecule has 0 aromatic carbocycles. The van der Waals surface area contributed by atoms with Crippen molar-refractivity contribution in [2.24, 2.45) is 0 Å². The standard InChI is InChI=1S/C11H13NO3/c1-6-4-7-9(15-6)5-12-8(11(7)14)2-3-10(12)13/h4,8,11,14H,2-3,5H2,1H3/t8-,11+/m0/s1. The third kappa shape index (κ3) is 1.14. The predicted octanol–water partition coefficient (Wildman–Crippen LogP) is 1.13. The molecule has 3 rings (SSSR count). The van der Waals surface area contributed by atoms with E-state index in [2.05, 4.69) is 0 Å². The predicted molar refractivity (Wildman–Crippen MR) is 52.0 cm³/mol. The molecule has 2 aliphatic heterocycles. The minimum atomic E-state index is -0.572. The van der Waals surface area contributed by atoms with Crippen LogP contribution in [-0.2, 0) is 11.3 Å². The number of hydrogen-bond donors (Lipinski definition) is 1. The Morgan fingerprint density at radius 2 is 2.40 bits per heavy atom. The van der Waals surface area contributed by atoms with E-state index in [0.29, 0.717) is 13.0 Å². The zero-order valence-electron chi connectivity index (χ0n) is 8.56. The summed E-state index contributed by atoms with van der Waals surface area (Å²) >= 11 is 0. The van der Waals surface area contributed by atoms with Gasteiger partial charge in [-0.1, -0.05) is 0 Å². The van der Waals surface area contributed by atoms with Gasteiger partial charge in [-0.3, -0.25) is 4.79 Å². The lowest BCUT2D eigenvalue weighted by molar-refractivity contribution is -0.132. The first kappa shape index (κ1) is 8.97. The smallest absolute Gasteiger partial charge is 0.223 e. The molecule has 2 atom stereocenters. The second kappa shape index (κ2) is 2.85. The van der Waals surface area contributed by atoms with Gasteiger partial charge in [0, 0.05) is 12.0 Å². The van der Waals surface area contributed by atoms with Crippen molar-refractivity contribution in [1.82, 2.24) is 4.90 Å². The van der Waals surface area contributed by atoms with Crippen LogP contribution in [0.2, 0.25) is 0 Å². The Morgan fingerprint density at radius 3 is 3.20 bits per heavy atom. The van der Waals surface area contributed by atoms with Crippen LogP contribution in [0.4, 0.5) is 0 Å². The van der Waals surface area contributed by atoms with Crippen molar-refractivity contribution in [2.75, 3.05) is 0 Å². The van der Waals surface area contributed by atoms with Gasteiger partial charge in [0.25, 0.3) is 0 Å². The molecule has 0 aliphatic carbocycles. The number of amides is 1. The summed E-state index contributed by atoms with van der Waals surface area (Å²) in [6.07, 6.45) is 0.729. The summed E-state index contributed by atoms with van der Waals surface area (Å²) in [5, 5.41) is 10.1. The molecule has 2 aliphatic rings. The van der Waals surface area contributed by atoms with Crippen LogP contribution < -0.4 is 0 Å². The van der Waals surface area contributed by atoms with Gasteiger partial charge >= 0.3 is 0 Å². The summed E-state index contributed by atoms with van der Waals surface area (Å²) in [6, 6.07) is 1.84. The Kier molecular flexibility index (Phi) is 1.71. The van der Waals surface area contributed by atoms with E-state index >= 15 is 0 Å². The van der Waals surface area contributed by atoms with Gasteiger partial charge in [0.05, 0.1) is 12.6 Å². The highest BCUT2D eigenvalue weighted by Crippen LogP contribution is 2.38. The number of rotatable bonds is 0. The van der Waals surface area contributed by atoms with E-state index in [1.165, 1.54) is 0 Å². The minimum absolute atomic E-state index is 0.0398. The molecule has 0 saturated carbocycles. The maximum Gasteiger partial charge on any atom is 0.223 e. The van der Waals surface area contributed by atoms with Crippen LogP contribution in [0.15, 0.2) is 10.5 Å². The molecule has 1 N–H and O–H groups in total. The Morgan fingerprint density at radius 1 is 1.60 bits per heavy atom. The molecule has 1 amide bonds. The molecule has 80 valence electrons. The Hall–Kier alpha value is -1.29. The minimum Gasteiger partial charge on any atom is -0.464 e. The van der Waals surface area contributed by atoms with Crippen LogP contribution in [0.25, 0.3) is 0 Å². The molecule has 1 aromatic rings. The fourth-order valence-electron chi connectivity index (χ4n) is 2.61. The van der Waals surface area contributed by atoms with E-state index in [-0.39, 0.29) is 11.9 Å². The van der Waals surface area contributed by atoms with Gasteiger partial charge in [-0.25, -0.2) is 0 Å². The Balaban J connectivity index is 2.05. The van der Waals surface area contributed by atoms with Crippen molar-refractivity contribution in [3.05, 3.63) is 23.2 Å². The summed E-state index contributed by atoms with van der Waals surface area (Å²) in [6.45, 7) is 2.38. The quantitative estimate of drug-likeness (QED) is 0.693. The molecule has 4 nitrogen and oxygen atoms in total. The first-order valence-electron chi connectivity index (χ1n) is 5.23. The van der Waals surface area contributed by atoms with Gasteiger partial charge in [-0.05, 0) is 19.4 Å². The topological polar surface area (TPSA) is 53.7 Å². The van der Waals surface area contributed by atoms with E-state index in [0.717, 1.165) is 23.5 Å². The highest BCUT2D eigenvalue weighted by molar-refractivity contribution is 5.79. The van der Waals surface area contributed by atoms with Gasteiger partial charge < -0.3 is 14.4 Å². The van der Waals surface area contributed by atoms with Gasteiger partial charge in [0.2, 0.25) is 5.91 Å². The summed E-state index contributed by atoms with van der Waals surface area (Å²) in [7, 11) is 0. The number of aryl methyl sites for hydroxylation is 1. The van der Waals surface area contributed by atoms with Gasteiger partial charge in [0.15, 0.2) is 0 Å². The zero-order valence-corrected chi connectivity index (χ0v) is 8.56. The van der Waals surface area contributed by atoms with Crippen LogP contribution in [0.5, 0.6) is 0 Å². The molecule has 1 aromatic heterocycles. The summed E-state index contributed by atoms with van der Waals surface area (Å²) < 4.78 is 5.48. The fourth-order valence-corrected chi connectivity index (χ4v) is 2.61. The normalized spacial score (nSPS) is 29.2. The van der Waals surface area contributed by atoms with Crippen molar-refractivity contribution < 1.29 is 14.3 Å². The molecule has 0 radical (unpaired) electrons. The number of carbonyl (C=O) groups excluding carboxylic acids is 1. The molecular formula is C11H13NO3. The number of carbonyl (C=O) groups is 1. The maximum atomic E-state index is 11.5. The third-order valence-corrected chi connectivity index (χ3v) is 3.34. The molecule has 4 heteroatoms. The van der Waals surface area contributed by atoms with Crippen LogP contribution in [0, 0.1) is 6.92 Å². The molecule has 1 fully saturated rings. The van der Waals surface area contributed by atoms with Crippen molar-refractivity contribution in [3.8, 4) is 0 Å². The largest absolute Gasteiger partial charge is 0.464 e. The Bertz CT molecular complexity index is 423. The van der Waals surface area contributed by atoms with Crippen LogP contribution >= 0.6 is 0 Å². The van der Waals surface area contributed by atoms with Gasteiger partial charge in [0.1, 0.15) is 17.6 Å². The third-order valence-electron chi connectivity index (χ3n) is 3.34. The number of nitrogens with zero attached hydrogens (tertiary/aromatic N) is 1. The van der Waals surface area contributed by atoms with E-state index < -0.39 is 6.10 Å². The van der Waals surface area contributed by atoms with E-state index in [1.807, 2.05) is 13.0 Å². The molecule has 1 saturated heterocycles. The lowest BCUT2D eigenvalue weighted by atomic mass is 9.97. The average molecular weight is 207 g/mol. The van der Waals surface area contributed by atoms with Crippen molar-refractivity contribution >= 4 is 5.91 Å². The first-order valence-corrected chi connectivity index (χ1v) is 5.23. The van der Waals surface area contributed by atoms with Crippen molar-refractivity contribution in [3.63, 3.8) is 0 Å². The summed E-state index contributed by atoms with van der Waals surface area (Å²) in [5.41, 5.74) is 0.864. The lowest BCUT2D eigenvalue weighted by Crippen LogP contribution is -2.40. The zero-order chi connectivity index (χ0) is 10.6. The van der Waals surface area contributed by atoms with Crippen molar-refractivity contribution in [2.45, 2.75) is 38.5 Å². The van der Waals surface area contributed by atoms with Gasteiger partial charge in [-0.15, -0.1) is 0 Å². The van der Waals surface area contributed by atoms with Crippen molar-refractivity contribution in [1.29, 1.82) is 0 Å². The molecule has 0 unspecified atom stereocenters. The van der Waals surface area contributed by atoms with Crippen LogP contribution in [0.3, 0.4) is 0 Å². The van der Waals surface area contributed by atoms with Gasteiger partial charge in [-0.2, -0.15) is 0 Å². The number of fused-ring (bicyclic) bond motifs is 2. The SMILES string of the molecule is Cc1cc2c(o1)CN1C(=O)CC[C@H]1[C@@H]2O. The number of furan rings is 1. The second-order valence-electron chi connectivity index (χ2n) is 4.31. The molecule has 15 heavy (non-hydrogen) atoms. The van der Waals surface area contributed by atoms with Crippen LogP contribution in [-0.4, -0.2) is 22.0 Å². The number of hydrogen-bond acceptors (Lipinski definition) is 3. The summed E-state index contributed by atoms with van der Waals surface area (Å²) in [4.78, 5) is 13.3. The summed E-state index contributed by atoms with van der Waals surface area (Å²) in [5.74, 6) is 1.66. The monoisotopic (exact) mass is 207 g/mol. The molecular weight excluding hydrogens is 194 g/mol. The Labute approximate surface area is 87.5 Å². The molecule has 0 bridgehead atoms. The molecule has 0 spiro atoms. The average Bonchev–Trinajstić information content (AvgIpc) is 2.72. The van der Waals surface area contributed by atoms with Crippen LogP contribution in [0.1, 0.15) is 36.0 Å². The van der Waals surface area contributed by atoms with E-state index in [9.17, 15) is 9.90 Å². The highest BCUT2D eigenvalue weighted by atomic mass is 16.3. The number of aliphatic hydroxyl groups excluding tert-OH is 1. The maximum absolute atomic E-state index is 11.5. The lowest BCUT2D eigenvalue weighted by Gasteiger charge is -2.32. The molecule has 3 heterocycles. The second-order valence-corrected chi connectivity index (χ2v) is 4.31. The fraction of sp³-hybridized carbons (Fsp3) is 0.545. The number of aliphatic hydroxyl groups is 1. The highest BCUT2D eigenvalue weighted by Gasteiger charge is 2.42. The van der Waals surface area contributed by atoms with E-state index in [1.54, 1.807) is 4.90 Å². The van der Waals surface area contributed by atoms with E-state index in [4.69, 9.17) is 4.42 Å². The first-order chi connectivity index (χ1) is 7.16.